The van der Waals surface area contributed by atoms with Gasteiger partial charge in [0.1, 0.15) is 123 Å². The monoisotopic (exact) mass is 2180 g/mol. The number of ether oxygens (including phenoxy) is 20. The van der Waals surface area contributed by atoms with Gasteiger partial charge in [-0.1, -0.05) is 147 Å². The van der Waals surface area contributed by atoms with E-state index in [2.05, 4.69) is 6.92 Å². The molecular weight excluding hydrogens is 2030 g/mol. The van der Waals surface area contributed by atoms with Crippen molar-refractivity contribution in [3.8, 4) is 0 Å². The number of unbranched alkanes of at least 4 members (excludes halogenated alkanes) is 18. The van der Waals surface area contributed by atoms with E-state index in [0.29, 0.717) is 48.1 Å². The van der Waals surface area contributed by atoms with Crippen LogP contribution in [0.4, 0.5) is 0 Å². The number of Topliss-reactive ketones (excluding diaryl/α,β-unsaturated/α-hetero) is 2. The molecule has 16 atom stereocenters. The highest BCUT2D eigenvalue weighted by Crippen LogP contribution is 2.53. The molecule has 0 spiro atoms. The molecule has 0 aromatic heterocycles. The summed E-state index contributed by atoms with van der Waals surface area (Å²) in [6.45, 7) is 30.7. The predicted molar refractivity (Wildman–Crippen MR) is 521 cm³/mol. The van der Waals surface area contributed by atoms with E-state index in [1.807, 2.05) is 16.4 Å². The Morgan fingerprint density at radius 1 is 0.304 bits per heavy atom. The zero-order valence-electron chi connectivity index (χ0n) is 88.3. The van der Waals surface area contributed by atoms with Crippen molar-refractivity contribution in [3.05, 3.63) is 70.8 Å². The van der Waals surface area contributed by atoms with E-state index < -0.39 is 239 Å². The first-order chi connectivity index (χ1) is 69.2. The maximum Gasteiger partial charge on any atom is 0.362 e. The smallest absolute Gasteiger partial charge is 0.343 e. The number of hydrogen-bond donors (Lipinski definition) is 2. The Bertz CT molecular complexity index is 5420. The van der Waals surface area contributed by atoms with Crippen LogP contribution in [0.2, 0.25) is 0 Å². The van der Waals surface area contributed by atoms with Gasteiger partial charge in [-0.2, -0.15) is 33.7 Å². The minimum atomic E-state index is -4.56. The lowest BCUT2D eigenvalue weighted by molar-refractivity contribution is -0.290. The number of imide groups is 2. The van der Waals surface area contributed by atoms with Gasteiger partial charge in [-0.15, -0.1) is 0 Å². The zero-order valence-corrected chi connectivity index (χ0v) is 91.5. The van der Waals surface area contributed by atoms with Crippen LogP contribution in [0.5, 0.6) is 0 Å². The molecule has 0 radical (unpaired) electrons. The second-order valence-electron chi connectivity index (χ2n) is 43.4. The summed E-state index contributed by atoms with van der Waals surface area (Å²) in [4.78, 5) is 101. The Labute approximate surface area is 868 Å². The quantitative estimate of drug-likeness (QED) is 0.0353. The zero-order chi connectivity index (χ0) is 108. The van der Waals surface area contributed by atoms with Gasteiger partial charge < -0.3 is 94.7 Å². The standard InChI is InChI=1S/C33H47NO11S.C26H46O9S.C24H30N2O11S.C17H29NO9S/c1-31(2)42-26-20-40-33(28(27(26)43-31)44-32(3,4)45-33)22-41-46(38,39)21-23(35)16-12-10-8-6-5-7-9-11-15-19-34-29(36)24-17-13-14-18-25(24)30(34)37;1-6-7-8-9-10-11-12-13-14-15-16-20(27)18-36(28,29)31-19-26-23(34-25(4,5)35-26)22-21(17-30-26)32-24(2,3)33-22;1-22(2)34-16-12-32-24(19(18(16)35-22)36-23(3,4)37-24)13-33-38(30,31)25-17(27)10-7-11-26-20(28)14-8-5-6-9-15(14)21(26)29;1-6-7-8-12(19)18-28(20,21)23-10-17-14(26-16(4,5)27-17)13-11(9-22-17)24-15(2,3)25-13/h13-14,17-18,26-28H,5-12,15-16,19-22H2,1-4H3;21-23H,6-19H2,1-5H3;5-6,8-9,16,18-19H,7,10-13H2,1-4H3,(H,25,27);11,13-14H,6-10H2,1-5H3,(H,18,19)/t26-,27-,28?,33+;21-,22-,23?,26+;16-,18-,19?,24+;11-,13-,14?,17+/m1111/s1. The molecule has 44 nitrogen and oxygen atoms in total. The minimum absolute atomic E-state index is 0.0411. The number of nitrogens with one attached hydrogen (secondary N) is 2. The van der Waals surface area contributed by atoms with Gasteiger partial charge in [0, 0.05) is 38.8 Å². The lowest BCUT2D eigenvalue weighted by atomic mass is 9.98. The molecule has 2 N–H and O–H groups in total. The maximum atomic E-state index is 12.7. The first-order valence-electron chi connectivity index (χ1n) is 51.7. The molecule has 2 aromatic rings. The third-order valence-corrected chi connectivity index (χ3v) is 31.0. The van der Waals surface area contributed by atoms with Crippen LogP contribution in [0.1, 0.15) is 333 Å². The number of carbonyl (C=O) groups is 8. The molecule has 6 amide bonds. The van der Waals surface area contributed by atoms with Crippen LogP contribution >= 0.6 is 0 Å². The SMILES string of the molecule is CC1(C)O[C@@H]2CO[C@@]3(COS(=O)(=O)CC(=O)CCCCCCCCCCCN4C(=O)c5ccccc5C4=O)OC(C)(C)OC3[C@@H]2O1.CC1(C)O[C@@H]2CO[C@@]3(COS(=O)(=O)NC(=O)CCCN4C(=O)c5ccccc5C4=O)OC(C)(C)OC3[C@@H]2O1.CCCCC(=O)NS(=O)(=O)OC[C@@]12OC[C@H]3OC(C)(C)O[C@H]3C1OC(C)(C)O2.CCCCCCCCCCCCC(=O)CS(=O)(=O)OC[C@@]12OC[C@H]3OC(C)(C)O[C@H]3C1OC(C)(C)O2. The Balaban J connectivity index is 0.000000167. The molecule has 2 aromatic carbocycles. The molecule has 12 fully saturated rings. The van der Waals surface area contributed by atoms with Crippen molar-refractivity contribution in [2.45, 2.75) is 434 Å². The largest absolute Gasteiger partial charge is 0.362 e. The van der Waals surface area contributed by atoms with Crippen LogP contribution in [0.25, 0.3) is 0 Å². The van der Waals surface area contributed by atoms with E-state index in [1.165, 1.54) is 43.4 Å². The molecule has 12 saturated heterocycles. The Morgan fingerprint density at radius 2 is 0.547 bits per heavy atom. The van der Waals surface area contributed by atoms with Crippen LogP contribution < -0.4 is 9.44 Å². The first kappa shape index (κ1) is 119. The molecule has 14 aliphatic rings. The fourth-order valence-corrected chi connectivity index (χ4v) is 24.2. The second kappa shape index (κ2) is 47.9. The normalized spacial score (nSPS) is 31.0. The van der Waals surface area contributed by atoms with Gasteiger partial charge >= 0.3 is 20.6 Å². The van der Waals surface area contributed by atoms with Gasteiger partial charge in [0.25, 0.3) is 43.9 Å². The van der Waals surface area contributed by atoms with Gasteiger partial charge in [-0.3, -0.25) is 56.5 Å². The van der Waals surface area contributed by atoms with Crippen molar-refractivity contribution in [2.24, 2.45) is 0 Å². The highest BCUT2D eigenvalue weighted by atomic mass is 32.2. The third-order valence-electron chi connectivity index (χ3n) is 26.9. The number of ketones is 2. The maximum absolute atomic E-state index is 12.7. The highest BCUT2D eigenvalue weighted by molar-refractivity contribution is 7.87. The molecule has 16 rings (SSSR count). The van der Waals surface area contributed by atoms with Crippen LogP contribution in [-0.4, -0.2) is 311 Å². The summed E-state index contributed by atoms with van der Waals surface area (Å²) in [7, 11) is -17.2. The van der Waals surface area contributed by atoms with E-state index in [-0.39, 0.29) is 94.9 Å². The van der Waals surface area contributed by atoms with Crippen LogP contribution in [-0.2, 0) is 171 Å². The summed E-state index contributed by atoms with van der Waals surface area (Å²) in [5.41, 5.74) is 1.57. The number of hydrogen-bond acceptors (Lipinski definition) is 40. The molecule has 836 valence electrons. The molecule has 148 heavy (non-hydrogen) atoms. The number of benzene rings is 2. The number of fused-ring (bicyclic) bond motifs is 14. The van der Waals surface area contributed by atoms with Gasteiger partial charge in [-0.05, 0) is 167 Å². The molecule has 0 bridgehead atoms. The van der Waals surface area contributed by atoms with Crippen molar-refractivity contribution in [3.63, 3.8) is 0 Å². The fraction of sp³-hybridized carbons (Fsp3) is 0.800. The van der Waals surface area contributed by atoms with Gasteiger partial charge in [-0.25, -0.2) is 17.8 Å². The lowest BCUT2D eigenvalue weighted by Gasteiger charge is -2.40. The Kier molecular flexibility index (Phi) is 38.5. The van der Waals surface area contributed by atoms with Crippen LogP contribution in [0, 0.1) is 0 Å². The molecule has 4 unspecified atom stereocenters. The van der Waals surface area contributed by atoms with E-state index in [4.69, 9.17) is 111 Å². The van der Waals surface area contributed by atoms with E-state index >= 15 is 0 Å². The summed E-state index contributed by atoms with van der Waals surface area (Å²) in [5.74, 6) is -18.7. The topological polar surface area (TPSA) is 525 Å². The number of amides is 6. The van der Waals surface area contributed by atoms with E-state index in [0.717, 1.165) is 81.9 Å². The van der Waals surface area contributed by atoms with Crippen molar-refractivity contribution in [1.29, 1.82) is 0 Å². The molecular formula is C100H152N4O40S4. The van der Waals surface area contributed by atoms with Gasteiger partial charge in [0.05, 0.1) is 48.7 Å². The number of carbonyl (C=O) groups excluding carboxylic acids is 8. The summed E-state index contributed by atoms with van der Waals surface area (Å²) in [6.07, 6.45) is 14.6. The minimum Gasteiger partial charge on any atom is -0.343 e. The van der Waals surface area contributed by atoms with E-state index in [9.17, 15) is 72.0 Å². The average molecular weight is 2180 g/mol. The second-order valence-corrected chi connectivity index (χ2v) is 49.4. The summed E-state index contributed by atoms with van der Waals surface area (Å²) in [6, 6.07) is 13.4. The first-order valence-corrected chi connectivity index (χ1v) is 57.7. The molecule has 0 saturated carbocycles. The molecule has 14 aliphatic heterocycles. The molecule has 48 heteroatoms. The van der Waals surface area contributed by atoms with E-state index in [1.54, 1.807) is 159 Å². The average Bonchev–Trinajstić information content (AvgIpc) is 1.58. The van der Waals surface area contributed by atoms with Crippen molar-refractivity contribution in [2.75, 3.05) is 77.5 Å². The third kappa shape index (κ3) is 30.8. The molecule has 0 aliphatic carbocycles. The highest BCUT2D eigenvalue weighted by Gasteiger charge is 2.71. The lowest BCUT2D eigenvalue weighted by Crippen LogP contribution is -2.60. The van der Waals surface area contributed by atoms with Crippen LogP contribution in [0.15, 0.2) is 48.5 Å². The summed E-state index contributed by atoms with van der Waals surface area (Å²) < 4.78 is 243. The number of rotatable bonds is 48. The fourth-order valence-electron chi connectivity index (χ4n) is 20.8. The number of nitrogens with zero attached hydrogens (tertiary/aromatic N) is 2. The van der Waals surface area contributed by atoms with Gasteiger partial charge in [0.2, 0.25) is 35.0 Å². The van der Waals surface area contributed by atoms with Crippen molar-refractivity contribution < 1.29 is 183 Å². The van der Waals surface area contributed by atoms with Crippen molar-refractivity contribution >= 4 is 87.9 Å². The van der Waals surface area contributed by atoms with Gasteiger partial charge in [0.15, 0.2) is 46.3 Å². The Hall–Kier alpha value is -6.16. The predicted octanol–water partition coefficient (Wildman–Crippen LogP) is 10.9. The molecule has 14 heterocycles. The van der Waals surface area contributed by atoms with Crippen LogP contribution in [0.3, 0.4) is 0 Å². The van der Waals surface area contributed by atoms with Crippen molar-refractivity contribution in [1.82, 2.24) is 19.2 Å². The Morgan fingerprint density at radius 3 is 0.824 bits per heavy atom. The summed E-state index contributed by atoms with van der Waals surface area (Å²) in [5, 5.41) is 0. The summed E-state index contributed by atoms with van der Waals surface area (Å²) >= 11 is 0.